The van der Waals surface area contributed by atoms with Crippen molar-refractivity contribution in [3.8, 4) is 0 Å². The maximum Gasteiger partial charge on any atom is -0.0181 e. The van der Waals surface area contributed by atoms with Gasteiger partial charge in [0.2, 0.25) is 0 Å². The minimum Gasteiger partial charge on any atom is -0.0683 e. The fourth-order valence-electron chi connectivity index (χ4n) is 3.03. The molecule has 0 fully saturated rings. The molecule has 0 bridgehead atoms. The summed E-state index contributed by atoms with van der Waals surface area (Å²) < 4.78 is 0. The van der Waals surface area contributed by atoms with Gasteiger partial charge < -0.3 is 0 Å². The van der Waals surface area contributed by atoms with E-state index in [-0.39, 0.29) is 0 Å². The van der Waals surface area contributed by atoms with E-state index in [2.05, 4.69) is 50.2 Å². The van der Waals surface area contributed by atoms with Crippen LogP contribution in [0, 0.1) is 6.92 Å². The topological polar surface area (TPSA) is 0 Å². The van der Waals surface area contributed by atoms with Crippen molar-refractivity contribution in [3.63, 3.8) is 0 Å². The highest BCUT2D eigenvalue weighted by Crippen LogP contribution is 2.19. The van der Waals surface area contributed by atoms with Gasteiger partial charge >= 0.3 is 0 Å². The van der Waals surface area contributed by atoms with Crippen LogP contribution in [0.25, 0.3) is 10.8 Å². The van der Waals surface area contributed by atoms with E-state index in [0.717, 1.165) is 0 Å². The van der Waals surface area contributed by atoms with Crippen LogP contribution in [-0.2, 0) is 6.42 Å². The minimum absolute atomic E-state index is 1.23. The van der Waals surface area contributed by atoms with E-state index in [0.29, 0.717) is 0 Å². The molecule has 2 rings (SSSR count). The van der Waals surface area contributed by atoms with Crippen LogP contribution in [-0.4, -0.2) is 0 Å². The van der Waals surface area contributed by atoms with Gasteiger partial charge in [-0.25, -0.2) is 0 Å². The number of aryl methyl sites for hydroxylation is 2. The maximum atomic E-state index is 2.37. The maximum absolute atomic E-state index is 2.37. The summed E-state index contributed by atoms with van der Waals surface area (Å²) in [6, 6.07) is 13.7. The lowest BCUT2D eigenvalue weighted by molar-refractivity contribution is 0.575. The van der Waals surface area contributed by atoms with Gasteiger partial charge in [-0.05, 0) is 36.1 Å². The van der Waals surface area contributed by atoms with E-state index in [1.807, 2.05) is 13.8 Å². The van der Waals surface area contributed by atoms with Crippen molar-refractivity contribution < 1.29 is 0 Å². The standard InChI is InChI=1S/C21H30.C2H6/c1-3-4-5-6-7-8-9-10-11-19-13-15-20-16-18(2)12-14-21(20)17-19;1-2/h12-17H,3-11H2,1-2H3;1-2H3. The van der Waals surface area contributed by atoms with Crippen LogP contribution in [0.3, 0.4) is 0 Å². The first-order valence-corrected chi connectivity index (χ1v) is 9.79. The van der Waals surface area contributed by atoms with E-state index < -0.39 is 0 Å². The molecule has 0 aliphatic rings. The molecule has 0 aromatic heterocycles. The summed E-state index contributed by atoms with van der Waals surface area (Å²) in [5.74, 6) is 0. The third-order valence-corrected chi connectivity index (χ3v) is 4.38. The fourth-order valence-corrected chi connectivity index (χ4v) is 3.03. The number of fused-ring (bicyclic) bond motifs is 1. The van der Waals surface area contributed by atoms with Gasteiger partial charge in [-0.2, -0.15) is 0 Å². The Labute approximate surface area is 144 Å². The van der Waals surface area contributed by atoms with Gasteiger partial charge in [0, 0.05) is 0 Å². The molecule has 0 spiro atoms. The normalized spacial score (nSPS) is 10.4. The zero-order valence-corrected chi connectivity index (χ0v) is 15.8. The molecule has 0 aliphatic carbocycles. The first kappa shape index (κ1) is 19.7. The van der Waals surface area contributed by atoms with Crippen LogP contribution in [0.4, 0.5) is 0 Å². The smallest absolute Gasteiger partial charge is 0.0181 e. The Kier molecular flexibility index (Phi) is 10.4. The summed E-state index contributed by atoms with van der Waals surface area (Å²) in [7, 11) is 0. The average Bonchev–Trinajstić information content (AvgIpc) is 2.59. The van der Waals surface area contributed by atoms with Crippen LogP contribution in [0.15, 0.2) is 36.4 Å². The highest BCUT2D eigenvalue weighted by molar-refractivity contribution is 5.83. The molecule has 2 aromatic rings. The van der Waals surface area contributed by atoms with Crippen molar-refractivity contribution in [1.29, 1.82) is 0 Å². The van der Waals surface area contributed by atoms with Gasteiger partial charge in [-0.1, -0.05) is 108 Å². The second kappa shape index (κ2) is 12.2. The molecule has 0 radical (unpaired) electrons. The molecule has 0 unspecified atom stereocenters. The second-order valence-electron chi connectivity index (χ2n) is 6.41. The van der Waals surface area contributed by atoms with Gasteiger partial charge in [0.1, 0.15) is 0 Å². The lowest BCUT2D eigenvalue weighted by Gasteiger charge is -2.05. The first-order valence-electron chi connectivity index (χ1n) is 9.79. The summed E-state index contributed by atoms with van der Waals surface area (Å²) in [5.41, 5.74) is 2.84. The first-order chi connectivity index (χ1) is 11.3. The lowest BCUT2D eigenvalue weighted by Crippen LogP contribution is -1.87. The number of rotatable bonds is 9. The Bertz CT molecular complexity index is 539. The molecule has 0 heteroatoms. The van der Waals surface area contributed by atoms with Crippen molar-refractivity contribution in [3.05, 3.63) is 47.5 Å². The van der Waals surface area contributed by atoms with Crippen LogP contribution >= 0.6 is 0 Å². The molecular weight excluding hydrogens is 276 g/mol. The predicted molar refractivity (Wildman–Crippen MR) is 106 cm³/mol. The van der Waals surface area contributed by atoms with Crippen LogP contribution in [0.5, 0.6) is 0 Å². The van der Waals surface area contributed by atoms with E-state index in [1.54, 1.807) is 0 Å². The molecular formula is C23H36. The Balaban J connectivity index is 0.00000127. The average molecular weight is 313 g/mol. The van der Waals surface area contributed by atoms with E-state index in [1.165, 1.54) is 79.7 Å². The van der Waals surface area contributed by atoms with Crippen LogP contribution in [0.1, 0.15) is 83.3 Å². The highest BCUT2D eigenvalue weighted by atomic mass is 14.0. The molecule has 128 valence electrons. The Hall–Kier alpha value is -1.30. The third-order valence-electron chi connectivity index (χ3n) is 4.38. The SMILES string of the molecule is CC.CCCCCCCCCCc1ccc2cc(C)ccc2c1. The van der Waals surface area contributed by atoms with Crippen LogP contribution in [0.2, 0.25) is 0 Å². The Morgan fingerprint density at radius 2 is 1.22 bits per heavy atom. The fraction of sp³-hybridized carbons (Fsp3) is 0.565. The summed E-state index contributed by atoms with van der Waals surface area (Å²) in [4.78, 5) is 0. The van der Waals surface area contributed by atoms with E-state index >= 15 is 0 Å². The van der Waals surface area contributed by atoms with E-state index in [4.69, 9.17) is 0 Å². The van der Waals surface area contributed by atoms with Crippen molar-refractivity contribution in [2.75, 3.05) is 0 Å². The molecule has 0 saturated carbocycles. The predicted octanol–water partition coefficient (Wildman–Crippen LogP) is 7.86. The lowest BCUT2D eigenvalue weighted by atomic mass is 10.0. The number of hydrogen-bond acceptors (Lipinski definition) is 0. The van der Waals surface area contributed by atoms with Crippen molar-refractivity contribution in [1.82, 2.24) is 0 Å². The third kappa shape index (κ3) is 7.68. The van der Waals surface area contributed by atoms with Crippen molar-refractivity contribution in [2.45, 2.75) is 85.5 Å². The van der Waals surface area contributed by atoms with Gasteiger partial charge in [0.25, 0.3) is 0 Å². The highest BCUT2D eigenvalue weighted by Gasteiger charge is 1.98. The molecule has 0 N–H and O–H groups in total. The summed E-state index contributed by atoms with van der Waals surface area (Å²) >= 11 is 0. The van der Waals surface area contributed by atoms with Gasteiger partial charge in [-0.15, -0.1) is 0 Å². The molecule has 0 atom stereocenters. The largest absolute Gasteiger partial charge is 0.0683 e. The molecule has 0 nitrogen and oxygen atoms in total. The minimum atomic E-state index is 1.23. The zero-order chi connectivity index (χ0) is 16.9. The molecule has 0 aliphatic heterocycles. The quantitative estimate of drug-likeness (QED) is 0.413. The van der Waals surface area contributed by atoms with Gasteiger partial charge in [0.15, 0.2) is 0 Å². The van der Waals surface area contributed by atoms with Crippen molar-refractivity contribution in [2.24, 2.45) is 0 Å². The molecule has 0 saturated heterocycles. The number of unbranched alkanes of at least 4 members (excludes halogenated alkanes) is 7. The second-order valence-corrected chi connectivity index (χ2v) is 6.41. The summed E-state index contributed by atoms with van der Waals surface area (Å²) in [6.45, 7) is 8.44. The zero-order valence-electron chi connectivity index (χ0n) is 15.8. The van der Waals surface area contributed by atoms with Crippen molar-refractivity contribution >= 4 is 10.8 Å². The molecule has 2 aromatic carbocycles. The monoisotopic (exact) mass is 312 g/mol. The van der Waals surface area contributed by atoms with Crippen LogP contribution < -0.4 is 0 Å². The Morgan fingerprint density at radius 1 is 0.652 bits per heavy atom. The molecule has 0 amide bonds. The Morgan fingerprint density at radius 3 is 1.91 bits per heavy atom. The van der Waals surface area contributed by atoms with Gasteiger partial charge in [0.05, 0.1) is 0 Å². The summed E-state index contributed by atoms with van der Waals surface area (Å²) in [6.07, 6.45) is 12.4. The number of benzene rings is 2. The molecule has 0 heterocycles. The van der Waals surface area contributed by atoms with Gasteiger partial charge in [-0.3, -0.25) is 0 Å². The van der Waals surface area contributed by atoms with E-state index in [9.17, 15) is 0 Å². The molecule has 23 heavy (non-hydrogen) atoms. The summed E-state index contributed by atoms with van der Waals surface area (Å²) in [5, 5.41) is 2.76. The number of hydrogen-bond donors (Lipinski definition) is 0.